The summed E-state index contributed by atoms with van der Waals surface area (Å²) >= 11 is 1.74. The number of para-hydroxylation sites is 1. The molecule has 2 unspecified atom stereocenters. The summed E-state index contributed by atoms with van der Waals surface area (Å²) in [7, 11) is 1.67. The molecule has 3 rings (SSSR count). The third-order valence-corrected chi connectivity index (χ3v) is 6.73. The number of benzene rings is 1. The van der Waals surface area contributed by atoms with Gasteiger partial charge in [-0.15, -0.1) is 11.3 Å². The molecule has 8 heteroatoms. The number of aliphatic hydroxyl groups excluding tert-OH is 1. The highest BCUT2D eigenvalue weighted by Gasteiger charge is 2.33. The number of amides is 1. The number of carbonyl (C=O) groups is 1. The first kappa shape index (κ1) is 25.6. The van der Waals surface area contributed by atoms with Gasteiger partial charge < -0.3 is 24.2 Å². The van der Waals surface area contributed by atoms with Gasteiger partial charge in [0.05, 0.1) is 25.3 Å². The van der Waals surface area contributed by atoms with E-state index in [1.807, 2.05) is 47.1 Å². The predicted molar refractivity (Wildman–Crippen MR) is 130 cm³/mol. The molecule has 1 N–H and O–H groups in total. The Hall–Kier alpha value is -1.97. The topological polar surface area (TPSA) is 71.5 Å². The van der Waals surface area contributed by atoms with Crippen LogP contribution in [0.5, 0.6) is 5.75 Å². The number of ether oxygens (including phenoxy) is 3. The fraction of sp³-hybridized carbons (Fsp3) is 0.560. The average molecular weight is 477 g/mol. The van der Waals surface area contributed by atoms with Gasteiger partial charge in [-0.3, -0.25) is 9.69 Å². The monoisotopic (exact) mass is 476 g/mol. The second kappa shape index (κ2) is 13.7. The van der Waals surface area contributed by atoms with Gasteiger partial charge in [0, 0.05) is 44.8 Å². The Bertz CT molecular complexity index is 831. The molecule has 1 aromatic carbocycles. The molecule has 33 heavy (non-hydrogen) atoms. The lowest BCUT2D eigenvalue weighted by Crippen LogP contribution is -2.48. The van der Waals surface area contributed by atoms with Gasteiger partial charge in [0.1, 0.15) is 12.4 Å². The van der Waals surface area contributed by atoms with Crippen LogP contribution in [0.25, 0.3) is 0 Å². The molecule has 0 saturated carbocycles. The van der Waals surface area contributed by atoms with E-state index < -0.39 is 6.10 Å². The van der Waals surface area contributed by atoms with Gasteiger partial charge in [0.2, 0.25) is 5.91 Å². The maximum absolute atomic E-state index is 13.5. The Morgan fingerprint density at radius 3 is 2.88 bits per heavy atom. The van der Waals surface area contributed by atoms with E-state index in [1.165, 1.54) is 10.4 Å². The van der Waals surface area contributed by atoms with Gasteiger partial charge >= 0.3 is 0 Å². The first-order chi connectivity index (χ1) is 16.1. The molecule has 182 valence electrons. The van der Waals surface area contributed by atoms with Crippen LogP contribution in [0.2, 0.25) is 0 Å². The molecule has 0 aliphatic carbocycles. The number of aliphatic hydroxyl groups is 1. The first-order valence-corrected chi connectivity index (χ1v) is 12.5. The minimum absolute atomic E-state index is 0.0505. The SMILES string of the molecule is CCOCC(O)CN(CCCOC)CC(=O)N1CCc2sccc2C1COc1ccccc1. The lowest BCUT2D eigenvalue weighted by atomic mass is 10.0. The second-order valence-corrected chi connectivity index (χ2v) is 9.17. The van der Waals surface area contributed by atoms with Gasteiger partial charge in [-0.05, 0) is 48.9 Å². The third kappa shape index (κ3) is 7.79. The van der Waals surface area contributed by atoms with Gasteiger partial charge in [-0.1, -0.05) is 18.2 Å². The number of hydrogen-bond acceptors (Lipinski definition) is 7. The Labute approximate surface area is 200 Å². The summed E-state index contributed by atoms with van der Waals surface area (Å²) in [6.45, 7) is 5.72. The van der Waals surface area contributed by atoms with E-state index in [0.29, 0.717) is 39.5 Å². The maximum Gasteiger partial charge on any atom is 0.237 e. The molecular formula is C25H36N2O5S. The number of carbonyl (C=O) groups excluding carboxylic acids is 1. The highest BCUT2D eigenvalue weighted by atomic mass is 32.1. The third-order valence-electron chi connectivity index (χ3n) is 5.73. The molecule has 0 saturated heterocycles. The number of fused-ring (bicyclic) bond motifs is 1. The lowest BCUT2D eigenvalue weighted by Gasteiger charge is -2.37. The molecule has 0 bridgehead atoms. The fourth-order valence-corrected chi connectivity index (χ4v) is 5.05. The van der Waals surface area contributed by atoms with Crippen molar-refractivity contribution in [3.63, 3.8) is 0 Å². The van der Waals surface area contributed by atoms with E-state index in [0.717, 1.165) is 18.6 Å². The van der Waals surface area contributed by atoms with Crippen LogP contribution in [0, 0.1) is 0 Å². The van der Waals surface area contributed by atoms with Crippen molar-refractivity contribution in [2.24, 2.45) is 0 Å². The summed E-state index contributed by atoms with van der Waals surface area (Å²) in [6, 6.07) is 11.7. The van der Waals surface area contributed by atoms with Crippen molar-refractivity contribution in [3.05, 3.63) is 52.2 Å². The highest BCUT2D eigenvalue weighted by Crippen LogP contribution is 2.34. The minimum Gasteiger partial charge on any atom is -0.491 e. The number of thiophene rings is 1. The average Bonchev–Trinajstić information content (AvgIpc) is 3.31. The van der Waals surface area contributed by atoms with Crippen LogP contribution >= 0.6 is 11.3 Å². The van der Waals surface area contributed by atoms with E-state index in [4.69, 9.17) is 14.2 Å². The maximum atomic E-state index is 13.5. The van der Waals surface area contributed by atoms with Gasteiger partial charge in [0.25, 0.3) is 0 Å². The Balaban J connectivity index is 1.68. The van der Waals surface area contributed by atoms with Crippen molar-refractivity contribution >= 4 is 17.2 Å². The molecule has 2 aromatic rings. The lowest BCUT2D eigenvalue weighted by molar-refractivity contribution is -0.136. The largest absolute Gasteiger partial charge is 0.491 e. The number of methoxy groups -OCH3 is 1. The van der Waals surface area contributed by atoms with Crippen LogP contribution in [0.4, 0.5) is 0 Å². The van der Waals surface area contributed by atoms with Crippen LogP contribution in [-0.4, -0.2) is 86.6 Å². The van der Waals surface area contributed by atoms with Crippen molar-refractivity contribution in [1.82, 2.24) is 9.80 Å². The van der Waals surface area contributed by atoms with E-state index in [9.17, 15) is 9.90 Å². The van der Waals surface area contributed by atoms with E-state index in [-0.39, 0.29) is 25.1 Å². The second-order valence-electron chi connectivity index (χ2n) is 8.17. The van der Waals surface area contributed by atoms with Crippen LogP contribution in [0.3, 0.4) is 0 Å². The predicted octanol–water partition coefficient (Wildman–Crippen LogP) is 2.99. The number of hydrogen-bond donors (Lipinski definition) is 1. The molecule has 1 aromatic heterocycles. The van der Waals surface area contributed by atoms with Crippen LogP contribution in [0.15, 0.2) is 41.8 Å². The Morgan fingerprint density at radius 2 is 2.12 bits per heavy atom. The Kier molecular flexibility index (Phi) is 10.6. The summed E-state index contributed by atoms with van der Waals surface area (Å²) in [5.74, 6) is 0.849. The van der Waals surface area contributed by atoms with Gasteiger partial charge in [-0.25, -0.2) is 0 Å². The summed E-state index contributed by atoms with van der Waals surface area (Å²) in [5, 5.41) is 12.4. The minimum atomic E-state index is -0.637. The molecule has 1 aliphatic heterocycles. The molecule has 1 amide bonds. The van der Waals surface area contributed by atoms with Crippen molar-refractivity contribution in [1.29, 1.82) is 0 Å². The van der Waals surface area contributed by atoms with Gasteiger partial charge in [0.15, 0.2) is 0 Å². The molecular weight excluding hydrogens is 440 g/mol. The molecule has 1 aliphatic rings. The normalized spacial score (nSPS) is 16.6. The van der Waals surface area contributed by atoms with Crippen LogP contribution in [0.1, 0.15) is 29.8 Å². The number of nitrogens with zero attached hydrogens (tertiary/aromatic N) is 2. The standard InChI is InChI=1S/C25H36N2O5S/c1-3-31-18-20(28)16-26(12-7-14-30-2)17-25(29)27-13-10-24-22(11-15-33-24)23(27)19-32-21-8-5-4-6-9-21/h4-6,8-9,11,15,20,23,28H,3,7,10,12-14,16-19H2,1-2H3. The molecule has 0 fully saturated rings. The molecule has 7 nitrogen and oxygen atoms in total. The smallest absolute Gasteiger partial charge is 0.237 e. The summed E-state index contributed by atoms with van der Waals surface area (Å²) in [4.78, 5) is 18.7. The van der Waals surface area contributed by atoms with Crippen molar-refractivity contribution in [2.75, 3.05) is 59.7 Å². The zero-order chi connectivity index (χ0) is 23.5. The van der Waals surface area contributed by atoms with E-state index in [1.54, 1.807) is 18.4 Å². The zero-order valence-corrected chi connectivity index (χ0v) is 20.5. The summed E-state index contributed by atoms with van der Waals surface area (Å²) in [6.07, 6.45) is 1.01. The molecule has 2 atom stereocenters. The number of rotatable bonds is 14. The molecule has 2 heterocycles. The fourth-order valence-electron chi connectivity index (χ4n) is 4.12. The summed E-state index contributed by atoms with van der Waals surface area (Å²) in [5.41, 5.74) is 1.18. The van der Waals surface area contributed by atoms with E-state index in [2.05, 4.69) is 11.4 Å². The van der Waals surface area contributed by atoms with E-state index >= 15 is 0 Å². The first-order valence-electron chi connectivity index (χ1n) is 11.6. The summed E-state index contributed by atoms with van der Waals surface area (Å²) < 4.78 is 16.6. The van der Waals surface area contributed by atoms with Gasteiger partial charge in [-0.2, -0.15) is 0 Å². The van der Waals surface area contributed by atoms with Crippen molar-refractivity contribution in [3.8, 4) is 5.75 Å². The zero-order valence-electron chi connectivity index (χ0n) is 19.7. The quantitative estimate of drug-likeness (QED) is 0.423. The highest BCUT2D eigenvalue weighted by molar-refractivity contribution is 7.10. The molecule has 0 radical (unpaired) electrons. The van der Waals surface area contributed by atoms with Crippen LogP contribution < -0.4 is 4.74 Å². The van der Waals surface area contributed by atoms with Crippen LogP contribution in [-0.2, 0) is 20.7 Å². The molecule has 0 spiro atoms. The van der Waals surface area contributed by atoms with Crippen molar-refractivity contribution in [2.45, 2.75) is 31.9 Å². The Morgan fingerprint density at radius 1 is 1.30 bits per heavy atom. The van der Waals surface area contributed by atoms with Crippen molar-refractivity contribution < 1.29 is 24.1 Å².